The summed E-state index contributed by atoms with van der Waals surface area (Å²) < 4.78 is 25.8. The van der Waals surface area contributed by atoms with Crippen molar-refractivity contribution < 1.29 is 33.0 Å². The van der Waals surface area contributed by atoms with Crippen molar-refractivity contribution in [2.45, 2.75) is 12.4 Å². The second-order valence-corrected chi connectivity index (χ2v) is 6.16. The number of nitrogens with one attached hydrogen (secondary N) is 1. The molecular weight excluding hydrogens is 301 g/mol. The topological polar surface area (TPSA) is 114 Å². The number of hydrogen-bond donors (Lipinski definition) is 1. The number of carbonyl (C=O) groups is 2. The lowest BCUT2D eigenvalue weighted by atomic mass is 10.2. The molecule has 0 saturated heterocycles. The summed E-state index contributed by atoms with van der Waals surface area (Å²) in [6.07, 6.45) is -1.08. The van der Waals surface area contributed by atoms with Gasteiger partial charge in [0.2, 0.25) is 0 Å². The minimum atomic E-state index is -4.07. The Morgan fingerprint density at radius 2 is 1.81 bits per heavy atom. The van der Waals surface area contributed by atoms with Crippen LogP contribution in [0, 0.1) is 0 Å². The molecule has 1 atom stereocenters. The first-order valence-corrected chi connectivity index (χ1v) is 7.43. The fraction of sp³-hybridized carbons (Fsp3) is 0.333. The second-order valence-electron chi connectivity index (χ2n) is 3.83. The second kappa shape index (κ2) is 7.78. The van der Waals surface area contributed by atoms with Gasteiger partial charge in [-0.15, -0.1) is 0 Å². The third-order valence-corrected chi connectivity index (χ3v) is 4.51. The smallest absolute Gasteiger partial charge is 0.408 e. The van der Waals surface area contributed by atoms with E-state index in [1.165, 1.54) is 0 Å². The van der Waals surface area contributed by atoms with Crippen LogP contribution in [0.15, 0.2) is 30.3 Å². The summed E-state index contributed by atoms with van der Waals surface area (Å²) in [6.45, 7) is -0.0727. The molecule has 0 aromatic heterocycles. The fourth-order valence-electron chi connectivity index (χ4n) is 1.43. The molecule has 0 heterocycles. The lowest BCUT2D eigenvalue weighted by molar-refractivity contribution is -0.306. The number of carboxylic acid groups (broad SMARTS) is 1. The zero-order valence-electron chi connectivity index (χ0n) is 11.5. The van der Waals surface area contributed by atoms with Crippen molar-refractivity contribution in [1.29, 1.82) is 0 Å². The van der Waals surface area contributed by atoms with Crippen LogP contribution in [0.4, 0.5) is 4.79 Å². The van der Waals surface area contributed by atoms with Crippen LogP contribution in [-0.2, 0) is 29.8 Å². The lowest BCUT2D eigenvalue weighted by Gasteiger charge is -2.25. The van der Waals surface area contributed by atoms with Gasteiger partial charge in [0.15, 0.2) is 5.78 Å². The van der Waals surface area contributed by atoms with E-state index in [9.17, 15) is 19.3 Å². The Morgan fingerprint density at radius 3 is 2.29 bits per heavy atom. The Kier molecular flexibility index (Phi) is 6.36. The molecular formula is C12H15NO7P-. The predicted octanol–water partition coefficient (Wildman–Crippen LogP) is 0.475. The van der Waals surface area contributed by atoms with Crippen LogP contribution in [-0.4, -0.2) is 32.1 Å². The van der Waals surface area contributed by atoms with Gasteiger partial charge in [-0.05, 0) is 5.56 Å². The maximum Gasteiger partial charge on any atom is 0.408 e. The number of aliphatic carboxylic acids is 1. The first-order valence-electron chi connectivity index (χ1n) is 5.82. The highest BCUT2D eigenvalue weighted by Gasteiger charge is 2.37. The molecule has 1 N–H and O–H groups in total. The van der Waals surface area contributed by atoms with Gasteiger partial charge in [-0.3, -0.25) is 4.57 Å². The number of ether oxygens (including phenoxy) is 1. The largest absolute Gasteiger partial charge is 0.547 e. The highest BCUT2D eigenvalue weighted by atomic mass is 31.2. The monoisotopic (exact) mass is 316 g/mol. The predicted molar refractivity (Wildman–Crippen MR) is 70.2 cm³/mol. The Morgan fingerprint density at radius 1 is 1.24 bits per heavy atom. The summed E-state index contributed by atoms with van der Waals surface area (Å²) >= 11 is 0. The van der Waals surface area contributed by atoms with Gasteiger partial charge in [-0.1, -0.05) is 30.3 Å². The SMILES string of the molecule is COP(=O)(OC)C(NC(=O)OCc1ccccc1)C(=O)[O-]. The Hall–Kier alpha value is -1.89. The number of rotatable bonds is 7. The van der Waals surface area contributed by atoms with Crippen LogP contribution < -0.4 is 10.4 Å². The van der Waals surface area contributed by atoms with Crippen LogP contribution in [0.3, 0.4) is 0 Å². The van der Waals surface area contributed by atoms with Crippen LogP contribution in [0.25, 0.3) is 0 Å². The van der Waals surface area contributed by atoms with E-state index in [2.05, 4.69) is 9.05 Å². The standard InChI is InChI=1S/C12H16NO7P/c1-18-21(17,19-2)10(11(14)15)13-12(16)20-8-9-6-4-3-5-7-9/h3-7,10H,8H2,1-2H3,(H,13,16)(H,14,15)/p-1. The van der Waals surface area contributed by atoms with E-state index in [-0.39, 0.29) is 6.61 Å². The molecule has 0 aliphatic carbocycles. The van der Waals surface area contributed by atoms with E-state index in [1.807, 2.05) is 5.32 Å². The molecule has 0 bridgehead atoms. The molecule has 0 spiro atoms. The minimum absolute atomic E-state index is 0.0727. The van der Waals surface area contributed by atoms with E-state index in [0.29, 0.717) is 5.56 Å². The number of carboxylic acids is 1. The normalized spacial score (nSPS) is 12.5. The first-order chi connectivity index (χ1) is 9.92. The molecule has 0 radical (unpaired) electrons. The molecule has 0 saturated carbocycles. The molecule has 116 valence electrons. The van der Waals surface area contributed by atoms with Gasteiger partial charge >= 0.3 is 13.7 Å². The molecule has 0 fully saturated rings. The molecule has 9 heteroatoms. The average molecular weight is 316 g/mol. The molecule has 1 unspecified atom stereocenters. The molecule has 1 aromatic carbocycles. The van der Waals surface area contributed by atoms with Crippen molar-refractivity contribution in [3.63, 3.8) is 0 Å². The van der Waals surface area contributed by atoms with E-state index >= 15 is 0 Å². The number of alkyl carbamates (subject to hydrolysis) is 1. The maximum absolute atomic E-state index is 12.0. The van der Waals surface area contributed by atoms with Crippen molar-refractivity contribution in [3.8, 4) is 0 Å². The Labute approximate surface area is 121 Å². The average Bonchev–Trinajstić information content (AvgIpc) is 2.50. The molecule has 0 aliphatic rings. The van der Waals surface area contributed by atoms with Gasteiger partial charge < -0.3 is 29.0 Å². The maximum atomic E-state index is 12.0. The highest BCUT2D eigenvalue weighted by Crippen LogP contribution is 2.50. The quantitative estimate of drug-likeness (QED) is 0.727. The molecule has 1 rings (SSSR count). The van der Waals surface area contributed by atoms with Gasteiger partial charge in [0, 0.05) is 14.2 Å². The van der Waals surface area contributed by atoms with Crippen LogP contribution in [0.2, 0.25) is 0 Å². The zero-order valence-corrected chi connectivity index (χ0v) is 12.4. The van der Waals surface area contributed by atoms with Gasteiger partial charge in [0.25, 0.3) is 0 Å². The zero-order chi connectivity index (χ0) is 15.9. The van der Waals surface area contributed by atoms with Gasteiger partial charge in [0.1, 0.15) is 6.61 Å². The summed E-state index contributed by atoms with van der Waals surface area (Å²) in [5.74, 6) is -3.77. The highest BCUT2D eigenvalue weighted by molar-refractivity contribution is 7.55. The lowest BCUT2D eigenvalue weighted by Crippen LogP contribution is -2.48. The minimum Gasteiger partial charge on any atom is -0.547 e. The summed E-state index contributed by atoms with van der Waals surface area (Å²) in [5, 5.41) is 12.9. The molecule has 21 heavy (non-hydrogen) atoms. The number of hydrogen-bond acceptors (Lipinski definition) is 7. The molecule has 0 aliphatic heterocycles. The third kappa shape index (κ3) is 4.86. The van der Waals surface area contributed by atoms with Crippen LogP contribution in [0.1, 0.15) is 5.56 Å². The Balaban J connectivity index is 2.65. The summed E-state index contributed by atoms with van der Waals surface area (Å²) in [6, 6.07) is 8.75. The Bertz CT molecular complexity index is 526. The summed E-state index contributed by atoms with van der Waals surface area (Å²) in [7, 11) is -2.08. The van der Waals surface area contributed by atoms with E-state index in [0.717, 1.165) is 14.2 Å². The van der Waals surface area contributed by atoms with Gasteiger partial charge in [-0.25, -0.2) is 4.79 Å². The van der Waals surface area contributed by atoms with E-state index in [1.54, 1.807) is 30.3 Å². The van der Waals surface area contributed by atoms with E-state index in [4.69, 9.17) is 4.74 Å². The van der Waals surface area contributed by atoms with Crippen LogP contribution in [0.5, 0.6) is 0 Å². The van der Waals surface area contributed by atoms with Gasteiger partial charge in [0.05, 0.1) is 5.97 Å². The first kappa shape index (κ1) is 17.2. The van der Waals surface area contributed by atoms with Crippen molar-refractivity contribution in [1.82, 2.24) is 5.32 Å². The van der Waals surface area contributed by atoms with Crippen molar-refractivity contribution in [2.24, 2.45) is 0 Å². The summed E-state index contributed by atoms with van der Waals surface area (Å²) in [4.78, 5) is 22.5. The third-order valence-electron chi connectivity index (χ3n) is 2.52. The molecule has 8 nitrogen and oxygen atoms in total. The fourth-order valence-corrected chi connectivity index (χ4v) is 2.52. The number of benzene rings is 1. The van der Waals surface area contributed by atoms with Crippen molar-refractivity contribution in [3.05, 3.63) is 35.9 Å². The molecule has 1 amide bonds. The number of amides is 1. The molecule has 1 aromatic rings. The van der Waals surface area contributed by atoms with Crippen molar-refractivity contribution >= 4 is 19.7 Å². The van der Waals surface area contributed by atoms with Crippen molar-refractivity contribution in [2.75, 3.05) is 14.2 Å². The summed E-state index contributed by atoms with van der Waals surface area (Å²) in [5.41, 5.74) is 0.708. The van der Waals surface area contributed by atoms with Gasteiger partial charge in [-0.2, -0.15) is 0 Å². The van der Waals surface area contributed by atoms with E-state index < -0.39 is 25.4 Å². The number of carbonyl (C=O) groups excluding carboxylic acids is 2. The van der Waals surface area contributed by atoms with Crippen LogP contribution >= 0.6 is 7.60 Å².